The van der Waals surface area contributed by atoms with Crippen LogP contribution in [0.2, 0.25) is 0 Å². The van der Waals surface area contributed by atoms with E-state index in [4.69, 9.17) is 0 Å². The molecule has 0 aliphatic heterocycles. The first kappa shape index (κ1) is 19.7. The van der Waals surface area contributed by atoms with E-state index in [9.17, 15) is 9.59 Å². The quantitative estimate of drug-likeness (QED) is 0.767. The van der Waals surface area contributed by atoms with Crippen LogP contribution in [0.15, 0.2) is 54.6 Å². The second kappa shape index (κ2) is 9.76. The number of benzene rings is 2. The average molecular weight is 352 g/mol. The zero-order valence-corrected chi connectivity index (χ0v) is 15.9. The van der Waals surface area contributed by atoms with Crippen molar-refractivity contribution in [1.82, 2.24) is 4.90 Å². The van der Waals surface area contributed by atoms with Crippen LogP contribution in [0.25, 0.3) is 0 Å². The summed E-state index contributed by atoms with van der Waals surface area (Å²) in [5, 5.41) is 2.91. The average Bonchev–Trinajstić information content (AvgIpc) is 2.64. The Labute approximate surface area is 156 Å². The second-order valence-corrected chi connectivity index (χ2v) is 6.69. The molecule has 2 aromatic rings. The molecule has 0 radical (unpaired) electrons. The standard InChI is InChI=1S/C22H28N2O2/c1-4-14-24(16-21(25)23-20-13-9-8-10-17(20)2)22(26)15-18(3)19-11-6-5-7-12-19/h5-13,18H,4,14-16H2,1-3H3,(H,23,25). The molecule has 0 aliphatic carbocycles. The molecular formula is C22H28N2O2. The number of carbonyl (C=O) groups is 2. The van der Waals surface area contributed by atoms with Gasteiger partial charge in [0, 0.05) is 18.7 Å². The Morgan fingerprint density at radius 2 is 1.69 bits per heavy atom. The molecule has 0 bridgehead atoms. The molecule has 0 aliphatic rings. The fraction of sp³-hybridized carbons (Fsp3) is 0.364. The van der Waals surface area contributed by atoms with Crippen LogP contribution in [0.4, 0.5) is 5.69 Å². The maximum Gasteiger partial charge on any atom is 0.244 e. The minimum Gasteiger partial charge on any atom is -0.333 e. The molecule has 4 heteroatoms. The highest BCUT2D eigenvalue weighted by atomic mass is 16.2. The topological polar surface area (TPSA) is 49.4 Å². The Morgan fingerprint density at radius 1 is 1.04 bits per heavy atom. The fourth-order valence-corrected chi connectivity index (χ4v) is 2.93. The van der Waals surface area contributed by atoms with Crippen molar-refractivity contribution in [2.45, 2.75) is 39.5 Å². The van der Waals surface area contributed by atoms with Crippen molar-refractivity contribution in [3.05, 3.63) is 65.7 Å². The minimum absolute atomic E-state index is 0.0168. The normalized spacial score (nSPS) is 11.7. The Balaban J connectivity index is 1.97. The number of rotatable bonds is 8. The van der Waals surface area contributed by atoms with Crippen LogP contribution in [0, 0.1) is 6.92 Å². The summed E-state index contributed by atoms with van der Waals surface area (Å²) in [6, 6.07) is 17.6. The molecule has 0 fully saturated rings. The van der Waals surface area contributed by atoms with Gasteiger partial charge >= 0.3 is 0 Å². The lowest BCUT2D eigenvalue weighted by molar-refractivity contribution is -0.135. The van der Waals surface area contributed by atoms with Gasteiger partial charge in [0.2, 0.25) is 11.8 Å². The first-order valence-corrected chi connectivity index (χ1v) is 9.19. The smallest absolute Gasteiger partial charge is 0.244 e. The van der Waals surface area contributed by atoms with E-state index in [-0.39, 0.29) is 24.3 Å². The summed E-state index contributed by atoms with van der Waals surface area (Å²) in [6.07, 6.45) is 1.23. The monoisotopic (exact) mass is 352 g/mol. The van der Waals surface area contributed by atoms with E-state index in [1.807, 2.05) is 75.4 Å². The molecule has 1 N–H and O–H groups in total. The number of aryl methyl sites for hydroxylation is 1. The van der Waals surface area contributed by atoms with Crippen molar-refractivity contribution in [3.8, 4) is 0 Å². The predicted octanol–water partition coefficient (Wildman–Crippen LogP) is 4.37. The molecule has 2 amide bonds. The summed E-state index contributed by atoms with van der Waals surface area (Å²) in [4.78, 5) is 26.8. The highest BCUT2D eigenvalue weighted by Gasteiger charge is 2.19. The first-order valence-electron chi connectivity index (χ1n) is 9.19. The number of para-hydroxylation sites is 1. The Kier molecular flexibility index (Phi) is 7.39. The summed E-state index contributed by atoms with van der Waals surface area (Å²) in [5.41, 5.74) is 2.94. The third-order valence-electron chi connectivity index (χ3n) is 4.45. The second-order valence-electron chi connectivity index (χ2n) is 6.69. The van der Waals surface area contributed by atoms with E-state index in [1.54, 1.807) is 4.90 Å². The van der Waals surface area contributed by atoms with E-state index in [0.717, 1.165) is 23.2 Å². The van der Waals surface area contributed by atoms with Crippen LogP contribution < -0.4 is 5.32 Å². The number of nitrogens with one attached hydrogen (secondary N) is 1. The summed E-state index contributed by atoms with van der Waals surface area (Å²) < 4.78 is 0. The van der Waals surface area contributed by atoms with Crippen LogP contribution in [-0.2, 0) is 9.59 Å². The molecule has 1 atom stereocenters. The van der Waals surface area contributed by atoms with Gasteiger partial charge in [0.1, 0.15) is 0 Å². The molecule has 4 nitrogen and oxygen atoms in total. The lowest BCUT2D eigenvalue weighted by Crippen LogP contribution is -2.39. The summed E-state index contributed by atoms with van der Waals surface area (Å²) in [6.45, 7) is 6.68. The van der Waals surface area contributed by atoms with Gasteiger partial charge < -0.3 is 10.2 Å². The largest absolute Gasteiger partial charge is 0.333 e. The molecule has 2 rings (SSSR count). The van der Waals surface area contributed by atoms with Crippen LogP contribution in [0.1, 0.15) is 43.7 Å². The van der Waals surface area contributed by atoms with Gasteiger partial charge in [-0.3, -0.25) is 9.59 Å². The maximum absolute atomic E-state index is 12.7. The first-order chi connectivity index (χ1) is 12.5. The number of anilines is 1. The Hall–Kier alpha value is -2.62. The van der Waals surface area contributed by atoms with Gasteiger partial charge in [-0.2, -0.15) is 0 Å². The van der Waals surface area contributed by atoms with Crippen molar-refractivity contribution in [3.63, 3.8) is 0 Å². The lowest BCUT2D eigenvalue weighted by Gasteiger charge is -2.23. The van der Waals surface area contributed by atoms with E-state index < -0.39 is 0 Å². The van der Waals surface area contributed by atoms with Crippen molar-refractivity contribution < 1.29 is 9.59 Å². The molecule has 0 heterocycles. The SMILES string of the molecule is CCCN(CC(=O)Nc1ccccc1C)C(=O)CC(C)c1ccccc1. The third-order valence-corrected chi connectivity index (χ3v) is 4.45. The molecule has 138 valence electrons. The summed E-state index contributed by atoms with van der Waals surface area (Å²) in [5.74, 6) is -0.0147. The highest BCUT2D eigenvalue weighted by Crippen LogP contribution is 2.20. The molecule has 0 aromatic heterocycles. The van der Waals surface area contributed by atoms with E-state index >= 15 is 0 Å². The highest BCUT2D eigenvalue weighted by molar-refractivity contribution is 5.95. The molecular weight excluding hydrogens is 324 g/mol. The van der Waals surface area contributed by atoms with Gasteiger partial charge in [-0.1, -0.05) is 62.4 Å². The number of hydrogen-bond acceptors (Lipinski definition) is 2. The number of nitrogens with zero attached hydrogens (tertiary/aromatic N) is 1. The van der Waals surface area contributed by atoms with Gasteiger partial charge in [0.15, 0.2) is 0 Å². The zero-order valence-electron chi connectivity index (χ0n) is 15.9. The molecule has 0 saturated heterocycles. The lowest BCUT2D eigenvalue weighted by atomic mass is 9.97. The van der Waals surface area contributed by atoms with Crippen molar-refractivity contribution in [2.24, 2.45) is 0 Å². The van der Waals surface area contributed by atoms with Gasteiger partial charge in [-0.15, -0.1) is 0 Å². The summed E-state index contributed by atoms with van der Waals surface area (Å²) >= 11 is 0. The Morgan fingerprint density at radius 3 is 2.35 bits per heavy atom. The van der Waals surface area contributed by atoms with Crippen LogP contribution in [0.5, 0.6) is 0 Å². The van der Waals surface area contributed by atoms with E-state index in [2.05, 4.69) is 5.32 Å². The minimum atomic E-state index is -0.159. The number of hydrogen-bond donors (Lipinski definition) is 1. The van der Waals surface area contributed by atoms with Gasteiger partial charge in [0.25, 0.3) is 0 Å². The molecule has 2 aromatic carbocycles. The van der Waals surface area contributed by atoms with Crippen LogP contribution in [0.3, 0.4) is 0 Å². The zero-order chi connectivity index (χ0) is 18.9. The predicted molar refractivity (Wildman–Crippen MR) is 106 cm³/mol. The number of amides is 2. The van der Waals surface area contributed by atoms with Crippen molar-refractivity contribution >= 4 is 17.5 Å². The van der Waals surface area contributed by atoms with Gasteiger partial charge in [-0.25, -0.2) is 0 Å². The van der Waals surface area contributed by atoms with E-state index in [1.165, 1.54) is 0 Å². The fourth-order valence-electron chi connectivity index (χ4n) is 2.93. The maximum atomic E-state index is 12.7. The molecule has 0 spiro atoms. The Bertz CT molecular complexity index is 728. The van der Waals surface area contributed by atoms with Crippen LogP contribution >= 0.6 is 0 Å². The molecule has 0 saturated carbocycles. The van der Waals surface area contributed by atoms with Crippen LogP contribution in [-0.4, -0.2) is 29.8 Å². The van der Waals surface area contributed by atoms with Gasteiger partial charge in [0.05, 0.1) is 6.54 Å². The van der Waals surface area contributed by atoms with Gasteiger partial charge in [-0.05, 0) is 36.5 Å². The van der Waals surface area contributed by atoms with E-state index in [0.29, 0.717) is 13.0 Å². The van der Waals surface area contributed by atoms with Crippen molar-refractivity contribution in [2.75, 3.05) is 18.4 Å². The number of carbonyl (C=O) groups excluding carboxylic acids is 2. The van der Waals surface area contributed by atoms with Crippen molar-refractivity contribution in [1.29, 1.82) is 0 Å². The summed E-state index contributed by atoms with van der Waals surface area (Å²) in [7, 11) is 0. The third kappa shape index (κ3) is 5.73. The molecule has 26 heavy (non-hydrogen) atoms. The molecule has 1 unspecified atom stereocenters.